The molecule has 0 saturated carbocycles. The van der Waals surface area contributed by atoms with E-state index in [1.165, 1.54) is 0 Å². The molecule has 22 heavy (non-hydrogen) atoms. The summed E-state index contributed by atoms with van der Waals surface area (Å²) in [6.45, 7) is 0. The molecule has 1 aliphatic heterocycles. The molecule has 4 nitrogen and oxygen atoms in total. The number of urea groups is 1. The van der Waals surface area contributed by atoms with Crippen molar-refractivity contribution in [3.63, 3.8) is 0 Å². The highest BCUT2D eigenvalue weighted by Crippen LogP contribution is 2.17. The van der Waals surface area contributed by atoms with E-state index in [1.54, 1.807) is 0 Å². The van der Waals surface area contributed by atoms with E-state index in [0.29, 0.717) is 18.5 Å². The van der Waals surface area contributed by atoms with Crippen molar-refractivity contribution in [1.29, 1.82) is 0 Å². The highest BCUT2D eigenvalue weighted by Gasteiger charge is 2.26. The zero-order chi connectivity index (χ0) is 15.4. The van der Waals surface area contributed by atoms with E-state index in [9.17, 15) is 9.90 Å². The summed E-state index contributed by atoms with van der Waals surface area (Å²) in [4.78, 5) is 11.8. The van der Waals surface area contributed by atoms with Crippen LogP contribution >= 0.6 is 0 Å². The number of hydrogen-bond donors (Lipinski definition) is 3. The molecule has 0 radical (unpaired) electrons. The molecule has 2 amide bonds. The fraction of sp³-hybridized carbons (Fsp3) is 0.167. The fourth-order valence-corrected chi connectivity index (χ4v) is 2.61. The Bertz CT molecular complexity index is 681. The largest absolute Gasteiger partial charge is 0.508 e. The average molecular weight is 294 g/mol. The fourth-order valence-electron chi connectivity index (χ4n) is 2.61. The molecule has 1 unspecified atom stereocenters. The van der Waals surface area contributed by atoms with Crippen LogP contribution in [-0.2, 0) is 12.8 Å². The molecule has 1 atom stereocenters. The normalized spacial score (nSPS) is 17.8. The van der Waals surface area contributed by atoms with Gasteiger partial charge in [-0.05, 0) is 11.1 Å². The van der Waals surface area contributed by atoms with Crippen molar-refractivity contribution in [3.8, 4) is 0 Å². The predicted molar refractivity (Wildman–Crippen MR) is 85.4 cm³/mol. The lowest BCUT2D eigenvalue weighted by Gasteiger charge is -2.27. The number of amides is 2. The van der Waals surface area contributed by atoms with Crippen LogP contribution in [0.1, 0.15) is 11.1 Å². The summed E-state index contributed by atoms with van der Waals surface area (Å²) in [5.41, 5.74) is 2.68. The summed E-state index contributed by atoms with van der Waals surface area (Å²) in [5, 5.41) is 16.0. The van der Waals surface area contributed by atoms with E-state index >= 15 is 0 Å². The minimum absolute atomic E-state index is 0.201. The van der Waals surface area contributed by atoms with Crippen LogP contribution in [0.25, 0.3) is 0 Å². The van der Waals surface area contributed by atoms with Gasteiger partial charge in [-0.25, -0.2) is 4.79 Å². The lowest BCUT2D eigenvalue weighted by atomic mass is 9.99. The summed E-state index contributed by atoms with van der Waals surface area (Å²) in [6.07, 6.45) is 1.07. The Hall–Kier alpha value is -2.75. The molecule has 3 N–H and O–H groups in total. The summed E-state index contributed by atoms with van der Waals surface area (Å²) >= 11 is 0. The number of nitrogens with one attached hydrogen (secondary N) is 2. The van der Waals surface area contributed by atoms with Crippen LogP contribution in [-0.4, -0.2) is 17.2 Å². The molecule has 0 aromatic heterocycles. The average Bonchev–Trinajstić information content (AvgIpc) is 2.54. The lowest BCUT2D eigenvalue weighted by Crippen LogP contribution is -2.49. The van der Waals surface area contributed by atoms with Crippen LogP contribution in [0.4, 0.5) is 4.79 Å². The first-order valence-corrected chi connectivity index (χ1v) is 7.30. The number of aliphatic hydroxyl groups is 1. The van der Waals surface area contributed by atoms with Crippen molar-refractivity contribution in [2.45, 2.75) is 18.9 Å². The van der Waals surface area contributed by atoms with E-state index < -0.39 is 6.04 Å². The second kappa shape index (κ2) is 6.35. The number of carbonyl (C=O) groups is 1. The van der Waals surface area contributed by atoms with Crippen molar-refractivity contribution in [3.05, 3.63) is 83.2 Å². The van der Waals surface area contributed by atoms with Crippen molar-refractivity contribution < 1.29 is 9.90 Å². The highest BCUT2D eigenvalue weighted by atomic mass is 16.3. The van der Waals surface area contributed by atoms with Gasteiger partial charge in [0.05, 0.1) is 11.7 Å². The molecule has 3 rings (SSSR count). The molecular weight excluding hydrogens is 276 g/mol. The predicted octanol–water partition coefficient (Wildman–Crippen LogP) is 2.92. The van der Waals surface area contributed by atoms with Crippen molar-refractivity contribution in [2.24, 2.45) is 0 Å². The molecular formula is C18H18N2O2. The molecule has 0 saturated heterocycles. The Labute approximate surface area is 129 Å². The van der Waals surface area contributed by atoms with Gasteiger partial charge in [0.2, 0.25) is 0 Å². The van der Waals surface area contributed by atoms with Gasteiger partial charge >= 0.3 is 6.03 Å². The van der Waals surface area contributed by atoms with Crippen LogP contribution in [0.15, 0.2) is 72.1 Å². The third-order valence-electron chi connectivity index (χ3n) is 3.72. The summed E-state index contributed by atoms with van der Waals surface area (Å²) in [6, 6.07) is 18.9. The first-order chi connectivity index (χ1) is 10.7. The molecule has 0 bridgehead atoms. The zero-order valence-corrected chi connectivity index (χ0v) is 12.1. The van der Waals surface area contributed by atoms with Crippen LogP contribution in [0.2, 0.25) is 0 Å². The van der Waals surface area contributed by atoms with E-state index in [4.69, 9.17) is 0 Å². The van der Waals surface area contributed by atoms with E-state index in [1.807, 2.05) is 60.7 Å². The Balaban J connectivity index is 1.81. The van der Waals surface area contributed by atoms with Crippen LogP contribution in [0, 0.1) is 0 Å². The SMILES string of the molecule is O=C1NC(Cc2ccccc2)=C(O)C(Cc2ccccc2)N1. The third-order valence-corrected chi connectivity index (χ3v) is 3.72. The van der Waals surface area contributed by atoms with Crippen LogP contribution in [0.3, 0.4) is 0 Å². The number of benzene rings is 2. The molecule has 1 aliphatic rings. The van der Waals surface area contributed by atoms with Gasteiger partial charge in [0.25, 0.3) is 0 Å². The van der Waals surface area contributed by atoms with Gasteiger partial charge in [0.1, 0.15) is 5.76 Å². The zero-order valence-electron chi connectivity index (χ0n) is 12.1. The number of aliphatic hydroxyl groups excluding tert-OH is 1. The quantitative estimate of drug-likeness (QED) is 0.812. The maximum Gasteiger partial charge on any atom is 0.319 e. The second-order valence-corrected chi connectivity index (χ2v) is 5.37. The number of allylic oxidation sites excluding steroid dienone is 1. The standard InChI is InChI=1S/C18H18N2O2/c21-17-15(11-13-7-3-1-4-8-13)19-18(22)20-16(17)12-14-9-5-2-6-10-14/h1-10,15,21H,11-12H2,(H2,19,20,22). The Morgan fingerprint density at radius 1 is 0.909 bits per heavy atom. The van der Waals surface area contributed by atoms with Crippen LogP contribution < -0.4 is 10.6 Å². The van der Waals surface area contributed by atoms with Gasteiger partial charge in [-0.15, -0.1) is 0 Å². The van der Waals surface area contributed by atoms with Crippen molar-refractivity contribution in [2.75, 3.05) is 0 Å². The Morgan fingerprint density at radius 2 is 1.50 bits per heavy atom. The molecule has 4 heteroatoms. The van der Waals surface area contributed by atoms with Gasteiger partial charge in [-0.1, -0.05) is 60.7 Å². The van der Waals surface area contributed by atoms with Gasteiger partial charge < -0.3 is 15.7 Å². The van der Waals surface area contributed by atoms with Gasteiger partial charge in [0, 0.05) is 12.8 Å². The van der Waals surface area contributed by atoms with Crippen molar-refractivity contribution >= 4 is 6.03 Å². The monoisotopic (exact) mass is 294 g/mol. The summed E-state index contributed by atoms with van der Waals surface area (Å²) < 4.78 is 0. The number of rotatable bonds is 4. The Kier molecular flexibility index (Phi) is 4.10. The van der Waals surface area contributed by atoms with Crippen molar-refractivity contribution in [1.82, 2.24) is 10.6 Å². The molecule has 2 aromatic rings. The van der Waals surface area contributed by atoms with E-state index in [2.05, 4.69) is 10.6 Å². The maximum absolute atomic E-state index is 11.8. The maximum atomic E-state index is 11.8. The number of carbonyl (C=O) groups excluding carboxylic acids is 1. The minimum atomic E-state index is -0.394. The Morgan fingerprint density at radius 3 is 2.14 bits per heavy atom. The first kappa shape index (κ1) is 14.2. The third kappa shape index (κ3) is 3.28. The lowest BCUT2D eigenvalue weighted by molar-refractivity contribution is 0.227. The number of hydrogen-bond acceptors (Lipinski definition) is 2. The molecule has 1 heterocycles. The molecule has 0 spiro atoms. The molecule has 112 valence electrons. The van der Waals surface area contributed by atoms with Crippen LogP contribution in [0.5, 0.6) is 0 Å². The topological polar surface area (TPSA) is 61.4 Å². The van der Waals surface area contributed by atoms with Gasteiger partial charge in [-0.3, -0.25) is 0 Å². The summed E-state index contributed by atoms with van der Waals surface area (Å²) in [7, 11) is 0. The van der Waals surface area contributed by atoms with Gasteiger partial charge in [0.15, 0.2) is 0 Å². The van der Waals surface area contributed by atoms with E-state index in [-0.39, 0.29) is 11.8 Å². The van der Waals surface area contributed by atoms with E-state index in [0.717, 1.165) is 11.1 Å². The minimum Gasteiger partial charge on any atom is -0.508 e. The molecule has 2 aromatic carbocycles. The first-order valence-electron chi connectivity index (χ1n) is 7.30. The smallest absolute Gasteiger partial charge is 0.319 e. The van der Waals surface area contributed by atoms with Gasteiger partial charge in [-0.2, -0.15) is 0 Å². The molecule has 0 aliphatic carbocycles. The summed E-state index contributed by atoms with van der Waals surface area (Å²) in [5.74, 6) is 0.201. The second-order valence-electron chi connectivity index (χ2n) is 5.37. The molecule has 0 fully saturated rings. The highest BCUT2D eigenvalue weighted by molar-refractivity contribution is 5.78.